The largest absolute Gasteiger partial charge is 0.292 e. The molecule has 0 unspecified atom stereocenters. The molecule has 19 heavy (non-hydrogen) atoms. The Morgan fingerprint density at radius 3 is 2.74 bits per heavy atom. The Bertz CT molecular complexity index is 763. The first kappa shape index (κ1) is 12.1. The van der Waals surface area contributed by atoms with E-state index in [0.717, 1.165) is 6.07 Å². The van der Waals surface area contributed by atoms with Crippen LogP contribution in [0.2, 0.25) is 0 Å². The maximum atomic E-state index is 13.7. The Morgan fingerprint density at radius 1 is 1.32 bits per heavy atom. The van der Waals surface area contributed by atoms with Gasteiger partial charge in [-0.1, -0.05) is 0 Å². The van der Waals surface area contributed by atoms with Gasteiger partial charge in [0.2, 0.25) is 0 Å². The molecular weight excluding hydrogens is 274 g/mol. The first-order chi connectivity index (χ1) is 9.10. The van der Waals surface area contributed by atoms with Crippen LogP contribution in [-0.4, -0.2) is 19.3 Å². The van der Waals surface area contributed by atoms with Crippen molar-refractivity contribution in [3.8, 4) is 5.69 Å². The van der Waals surface area contributed by atoms with E-state index in [4.69, 9.17) is 11.6 Å². The molecular formula is C12H9ClF2N4. The molecule has 7 heteroatoms. The van der Waals surface area contributed by atoms with Gasteiger partial charge in [0.25, 0.3) is 0 Å². The van der Waals surface area contributed by atoms with E-state index in [1.165, 1.54) is 6.07 Å². The van der Waals surface area contributed by atoms with Gasteiger partial charge in [0.15, 0.2) is 5.82 Å². The van der Waals surface area contributed by atoms with E-state index in [2.05, 4.69) is 10.1 Å². The van der Waals surface area contributed by atoms with Gasteiger partial charge in [0.05, 0.1) is 23.3 Å². The van der Waals surface area contributed by atoms with E-state index in [-0.39, 0.29) is 11.4 Å². The first-order valence-electron chi connectivity index (χ1n) is 5.51. The van der Waals surface area contributed by atoms with Crippen LogP contribution in [0.3, 0.4) is 0 Å². The van der Waals surface area contributed by atoms with Crippen LogP contribution in [0.15, 0.2) is 24.5 Å². The van der Waals surface area contributed by atoms with Crippen molar-refractivity contribution in [2.75, 3.05) is 0 Å². The fourth-order valence-corrected chi connectivity index (χ4v) is 2.23. The monoisotopic (exact) mass is 282 g/mol. The lowest BCUT2D eigenvalue weighted by atomic mass is 10.3. The molecule has 0 saturated carbocycles. The van der Waals surface area contributed by atoms with E-state index < -0.39 is 11.6 Å². The van der Waals surface area contributed by atoms with Crippen LogP contribution >= 0.6 is 11.6 Å². The van der Waals surface area contributed by atoms with Crippen molar-refractivity contribution in [3.05, 3.63) is 42.0 Å². The Kier molecular flexibility index (Phi) is 2.74. The van der Waals surface area contributed by atoms with Gasteiger partial charge in [-0.25, -0.2) is 13.8 Å². The fourth-order valence-electron chi connectivity index (χ4n) is 2.05. The molecule has 0 radical (unpaired) electrons. The normalized spacial score (nSPS) is 11.4. The van der Waals surface area contributed by atoms with Crippen LogP contribution in [0.4, 0.5) is 8.78 Å². The predicted octanol–water partition coefficient (Wildman–Crippen LogP) is 2.78. The van der Waals surface area contributed by atoms with Crippen molar-refractivity contribution >= 4 is 22.6 Å². The third kappa shape index (κ3) is 1.88. The molecule has 98 valence electrons. The average molecular weight is 283 g/mol. The predicted molar refractivity (Wildman–Crippen MR) is 67.3 cm³/mol. The zero-order chi connectivity index (χ0) is 13.6. The van der Waals surface area contributed by atoms with Crippen LogP contribution < -0.4 is 0 Å². The lowest BCUT2D eigenvalue weighted by Crippen LogP contribution is -1.98. The molecule has 0 fully saturated rings. The number of hydrogen-bond donors (Lipinski definition) is 0. The number of fused-ring (bicyclic) bond motifs is 1. The molecule has 0 aliphatic rings. The van der Waals surface area contributed by atoms with Gasteiger partial charge in [0, 0.05) is 25.4 Å². The third-order valence-corrected chi connectivity index (χ3v) is 3.06. The van der Waals surface area contributed by atoms with Crippen molar-refractivity contribution in [2.24, 2.45) is 7.05 Å². The number of nitrogens with zero attached hydrogens (tertiary/aromatic N) is 4. The molecule has 1 aromatic carbocycles. The standard InChI is InChI=1S/C12H9ClF2N4/c1-18-6-8(5-16-18)19-10-3-7(14)2-9(15)12(10)17-11(19)4-13/h2-3,5-6H,4H2,1H3. The lowest BCUT2D eigenvalue weighted by Gasteiger charge is -2.04. The van der Waals surface area contributed by atoms with E-state index in [0.29, 0.717) is 17.0 Å². The highest BCUT2D eigenvalue weighted by Crippen LogP contribution is 2.25. The maximum Gasteiger partial charge on any atom is 0.153 e. The molecule has 0 aliphatic heterocycles. The lowest BCUT2D eigenvalue weighted by molar-refractivity contribution is 0.590. The van der Waals surface area contributed by atoms with E-state index in [1.807, 2.05) is 0 Å². The summed E-state index contributed by atoms with van der Waals surface area (Å²) in [4.78, 5) is 4.11. The van der Waals surface area contributed by atoms with Gasteiger partial charge < -0.3 is 0 Å². The molecule has 0 atom stereocenters. The van der Waals surface area contributed by atoms with Crippen molar-refractivity contribution in [3.63, 3.8) is 0 Å². The second kappa shape index (κ2) is 4.31. The quantitative estimate of drug-likeness (QED) is 0.678. The summed E-state index contributed by atoms with van der Waals surface area (Å²) in [5, 5.41) is 4.04. The van der Waals surface area contributed by atoms with Gasteiger partial charge in [-0.05, 0) is 0 Å². The Hall–Kier alpha value is -1.95. The summed E-state index contributed by atoms with van der Waals surface area (Å²) in [6, 6.07) is 2.04. The van der Waals surface area contributed by atoms with Gasteiger partial charge in [0.1, 0.15) is 17.2 Å². The highest BCUT2D eigenvalue weighted by atomic mass is 35.5. The third-order valence-electron chi connectivity index (χ3n) is 2.82. The molecule has 3 aromatic rings. The van der Waals surface area contributed by atoms with Gasteiger partial charge in [-0.15, -0.1) is 11.6 Å². The Balaban J connectivity index is 2.38. The Morgan fingerprint density at radius 2 is 2.11 bits per heavy atom. The highest BCUT2D eigenvalue weighted by molar-refractivity contribution is 6.17. The fraction of sp³-hybridized carbons (Fsp3) is 0.167. The molecule has 3 rings (SSSR count). The zero-order valence-electron chi connectivity index (χ0n) is 9.94. The number of halogens is 3. The topological polar surface area (TPSA) is 35.6 Å². The minimum atomic E-state index is -0.705. The van der Waals surface area contributed by atoms with Crippen LogP contribution in [-0.2, 0) is 12.9 Å². The van der Waals surface area contributed by atoms with Gasteiger partial charge >= 0.3 is 0 Å². The second-order valence-electron chi connectivity index (χ2n) is 4.12. The van der Waals surface area contributed by atoms with Crippen LogP contribution in [0.25, 0.3) is 16.7 Å². The number of rotatable bonds is 2. The van der Waals surface area contributed by atoms with Crippen LogP contribution in [0, 0.1) is 11.6 Å². The summed E-state index contributed by atoms with van der Waals surface area (Å²) in [5.74, 6) is -0.834. The number of imidazole rings is 1. The molecule has 4 nitrogen and oxygen atoms in total. The summed E-state index contributed by atoms with van der Waals surface area (Å²) >= 11 is 5.83. The molecule has 2 heterocycles. The average Bonchev–Trinajstić information content (AvgIpc) is 2.92. The molecule has 2 aromatic heterocycles. The SMILES string of the molecule is Cn1cc(-n2c(CCl)nc3c(F)cc(F)cc32)cn1. The number of benzene rings is 1. The Labute approximate surface area is 112 Å². The summed E-state index contributed by atoms with van der Waals surface area (Å²) < 4.78 is 30.3. The number of hydrogen-bond acceptors (Lipinski definition) is 2. The molecule has 0 saturated heterocycles. The van der Waals surface area contributed by atoms with Crippen LogP contribution in [0.5, 0.6) is 0 Å². The first-order valence-corrected chi connectivity index (χ1v) is 6.05. The molecule has 0 spiro atoms. The molecule has 0 bridgehead atoms. The highest BCUT2D eigenvalue weighted by Gasteiger charge is 2.17. The minimum absolute atomic E-state index is 0.0879. The number of alkyl halides is 1. The molecule has 0 aliphatic carbocycles. The van der Waals surface area contributed by atoms with Crippen molar-refractivity contribution < 1.29 is 8.78 Å². The second-order valence-corrected chi connectivity index (χ2v) is 4.39. The van der Waals surface area contributed by atoms with Gasteiger partial charge in [-0.3, -0.25) is 9.25 Å². The minimum Gasteiger partial charge on any atom is -0.292 e. The van der Waals surface area contributed by atoms with Crippen LogP contribution in [0.1, 0.15) is 5.82 Å². The number of aryl methyl sites for hydroxylation is 1. The summed E-state index contributed by atoms with van der Waals surface area (Å²) in [6.07, 6.45) is 3.31. The maximum absolute atomic E-state index is 13.7. The number of aromatic nitrogens is 4. The van der Waals surface area contributed by atoms with Crippen molar-refractivity contribution in [1.82, 2.24) is 19.3 Å². The smallest absolute Gasteiger partial charge is 0.153 e. The molecule has 0 N–H and O–H groups in total. The summed E-state index contributed by atoms with van der Waals surface area (Å²) in [5.41, 5.74) is 1.09. The summed E-state index contributed by atoms with van der Waals surface area (Å²) in [6.45, 7) is 0. The van der Waals surface area contributed by atoms with E-state index in [9.17, 15) is 8.78 Å². The van der Waals surface area contributed by atoms with E-state index in [1.54, 1.807) is 28.7 Å². The summed E-state index contributed by atoms with van der Waals surface area (Å²) in [7, 11) is 1.75. The van der Waals surface area contributed by atoms with Gasteiger partial charge in [-0.2, -0.15) is 5.10 Å². The van der Waals surface area contributed by atoms with E-state index >= 15 is 0 Å². The van der Waals surface area contributed by atoms with Crippen molar-refractivity contribution in [2.45, 2.75) is 5.88 Å². The zero-order valence-corrected chi connectivity index (χ0v) is 10.7. The van der Waals surface area contributed by atoms with Crippen molar-refractivity contribution in [1.29, 1.82) is 0 Å². The molecule has 0 amide bonds.